The van der Waals surface area contributed by atoms with Crippen LogP contribution in [0.25, 0.3) is 11.1 Å². The first-order valence-electron chi connectivity index (χ1n) is 9.32. The van der Waals surface area contributed by atoms with Gasteiger partial charge in [-0.15, -0.1) is 24.8 Å². The Hall–Kier alpha value is -2.12. The molecular weight excluding hydrogens is 411 g/mol. The summed E-state index contributed by atoms with van der Waals surface area (Å²) in [5.41, 5.74) is 17.1. The highest BCUT2D eigenvalue weighted by molar-refractivity contribution is 6.24. The molecule has 6 nitrogen and oxygen atoms in total. The molecular formula is C21H28Cl2N4O2. The molecule has 0 radical (unpaired) electrons. The zero-order valence-electron chi connectivity index (χ0n) is 16.3. The second-order valence-corrected chi connectivity index (χ2v) is 6.29. The lowest BCUT2D eigenvalue weighted by molar-refractivity contribution is 0.141. The van der Waals surface area contributed by atoms with Crippen molar-refractivity contribution in [3.05, 3.63) is 59.7 Å². The molecule has 0 saturated heterocycles. The first-order valence-corrected chi connectivity index (χ1v) is 9.32. The van der Waals surface area contributed by atoms with Crippen molar-refractivity contribution in [3.8, 4) is 11.1 Å². The van der Waals surface area contributed by atoms with Crippen molar-refractivity contribution in [1.29, 1.82) is 0 Å². The van der Waals surface area contributed by atoms with Crippen LogP contribution in [0.4, 0.5) is 0 Å². The molecule has 0 amide bonds. The monoisotopic (exact) mass is 438 g/mol. The third-order valence-electron chi connectivity index (χ3n) is 4.33. The summed E-state index contributed by atoms with van der Waals surface area (Å²) in [5, 5.41) is 8.81. The minimum absolute atomic E-state index is 0. The summed E-state index contributed by atoms with van der Waals surface area (Å²) in [6.07, 6.45) is 2.06. The Morgan fingerprint density at radius 2 is 1.03 bits per heavy atom. The Morgan fingerprint density at radius 3 is 1.41 bits per heavy atom. The number of fused-ring (bicyclic) bond motifs is 3. The van der Waals surface area contributed by atoms with Gasteiger partial charge in [-0.25, -0.2) is 0 Å². The summed E-state index contributed by atoms with van der Waals surface area (Å²) in [6, 6.07) is 16.4. The summed E-state index contributed by atoms with van der Waals surface area (Å²) in [7, 11) is 0. The Labute approximate surface area is 184 Å². The summed E-state index contributed by atoms with van der Waals surface area (Å²) in [6.45, 7) is 2.15. The molecule has 1 aliphatic rings. The maximum Gasteiger partial charge on any atom is 0.118 e. The van der Waals surface area contributed by atoms with Crippen molar-refractivity contribution >= 4 is 36.2 Å². The van der Waals surface area contributed by atoms with E-state index >= 15 is 0 Å². The maximum absolute atomic E-state index is 5.54. The maximum atomic E-state index is 5.54. The van der Waals surface area contributed by atoms with Crippen LogP contribution in [0, 0.1) is 0 Å². The molecule has 0 saturated carbocycles. The molecule has 1 aliphatic carbocycles. The minimum atomic E-state index is 0. The quantitative estimate of drug-likeness (QED) is 0.484. The number of nitrogens with zero attached hydrogens (tertiary/aromatic N) is 2. The van der Waals surface area contributed by atoms with Gasteiger partial charge in [0.2, 0.25) is 0 Å². The van der Waals surface area contributed by atoms with Gasteiger partial charge in [-0.05, 0) is 37.1 Å². The van der Waals surface area contributed by atoms with Crippen molar-refractivity contribution in [1.82, 2.24) is 0 Å². The number of halogens is 2. The van der Waals surface area contributed by atoms with Crippen LogP contribution in [0.1, 0.15) is 30.4 Å². The second kappa shape index (κ2) is 13.2. The molecule has 0 aliphatic heterocycles. The van der Waals surface area contributed by atoms with Gasteiger partial charge in [0.05, 0.1) is 11.4 Å². The Morgan fingerprint density at radius 1 is 0.655 bits per heavy atom. The van der Waals surface area contributed by atoms with Crippen LogP contribution in [-0.2, 0) is 9.68 Å². The Bertz CT molecular complexity index is 760. The zero-order valence-corrected chi connectivity index (χ0v) is 17.9. The van der Waals surface area contributed by atoms with E-state index in [0.717, 1.165) is 46.5 Å². The third-order valence-corrected chi connectivity index (χ3v) is 4.33. The fraction of sp³-hybridized carbons (Fsp3) is 0.333. The fourth-order valence-electron chi connectivity index (χ4n) is 2.99. The van der Waals surface area contributed by atoms with E-state index in [1.807, 2.05) is 24.3 Å². The zero-order chi connectivity index (χ0) is 18.9. The van der Waals surface area contributed by atoms with E-state index in [1.54, 1.807) is 0 Å². The highest BCUT2D eigenvalue weighted by Crippen LogP contribution is 2.33. The number of hydrogen-bond donors (Lipinski definition) is 2. The van der Waals surface area contributed by atoms with Gasteiger partial charge in [0.1, 0.15) is 13.2 Å². The van der Waals surface area contributed by atoms with Gasteiger partial charge in [-0.3, -0.25) is 0 Å². The van der Waals surface area contributed by atoms with Crippen LogP contribution >= 0.6 is 24.8 Å². The molecule has 0 unspecified atom stereocenters. The van der Waals surface area contributed by atoms with E-state index in [0.29, 0.717) is 32.7 Å². The SMILES string of the molecule is Cl.Cl.NCCCON=C1CC(=NOCCCN)c2ccccc2-c2ccccc21. The van der Waals surface area contributed by atoms with Gasteiger partial charge in [-0.1, -0.05) is 58.8 Å². The van der Waals surface area contributed by atoms with Gasteiger partial charge in [0.25, 0.3) is 0 Å². The molecule has 2 aromatic rings. The van der Waals surface area contributed by atoms with E-state index in [1.165, 1.54) is 0 Å². The fourth-order valence-corrected chi connectivity index (χ4v) is 2.99. The molecule has 0 heterocycles. The lowest BCUT2D eigenvalue weighted by atomic mass is 9.96. The first kappa shape index (κ1) is 24.9. The largest absolute Gasteiger partial charge is 0.396 e. The summed E-state index contributed by atoms with van der Waals surface area (Å²) < 4.78 is 0. The molecule has 2 aromatic carbocycles. The molecule has 0 bridgehead atoms. The molecule has 29 heavy (non-hydrogen) atoms. The Kier molecular flexibility index (Phi) is 11.3. The highest BCUT2D eigenvalue weighted by atomic mass is 35.5. The lowest BCUT2D eigenvalue weighted by Gasteiger charge is -2.09. The van der Waals surface area contributed by atoms with Crippen molar-refractivity contribution in [2.24, 2.45) is 21.8 Å². The highest BCUT2D eigenvalue weighted by Gasteiger charge is 2.23. The predicted molar refractivity (Wildman–Crippen MR) is 123 cm³/mol. The number of benzene rings is 2. The lowest BCUT2D eigenvalue weighted by Crippen LogP contribution is -2.11. The summed E-state index contributed by atoms with van der Waals surface area (Å²) in [5.74, 6) is 0. The van der Waals surface area contributed by atoms with E-state index in [2.05, 4.69) is 34.6 Å². The van der Waals surface area contributed by atoms with E-state index in [4.69, 9.17) is 21.1 Å². The molecule has 3 rings (SSSR count). The van der Waals surface area contributed by atoms with Crippen molar-refractivity contribution in [2.45, 2.75) is 19.3 Å². The van der Waals surface area contributed by atoms with Crippen LogP contribution in [0.2, 0.25) is 0 Å². The van der Waals surface area contributed by atoms with Crippen molar-refractivity contribution < 1.29 is 9.68 Å². The van der Waals surface area contributed by atoms with Crippen LogP contribution in [0.3, 0.4) is 0 Å². The smallest absolute Gasteiger partial charge is 0.118 e. The van der Waals surface area contributed by atoms with Crippen molar-refractivity contribution in [3.63, 3.8) is 0 Å². The molecule has 0 fully saturated rings. The standard InChI is InChI=1S/C21H26N4O2.2ClH/c22-11-5-13-26-24-20-15-21(25-27-14-6-12-23)19-10-4-2-8-17(19)16-7-1-3-9-18(16)20;;/h1-4,7-10H,5-6,11-15,22-23H2;2*1H. The van der Waals surface area contributed by atoms with Crippen LogP contribution in [0.15, 0.2) is 58.8 Å². The number of oxime groups is 2. The molecule has 158 valence electrons. The average Bonchev–Trinajstić information content (AvgIpc) is 2.84. The van der Waals surface area contributed by atoms with Gasteiger partial charge >= 0.3 is 0 Å². The minimum Gasteiger partial charge on any atom is -0.396 e. The number of nitrogens with two attached hydrogens (primary N) is 2. The van der Waals surface area contributed by atoms with E-state index < -0.39 is 0 Å². The molecule has 4 N–H and O–H groups in total. The predicted octanol–water partition coefficient (Wildman–Crippen LogP) is 3.74. The molecule has 0 spiro atoms. The van der Waals surface area contributed by atoms with Crippen LogP contribution in [-0.4, -0.2) is 37.7 Å². The Balaban J connectivity index is 0.00000210. The second-order valence-electron chi connectivity index (χ2n) is 6.29. The molecule has 8 heteroatoms. The van der Waals surface area contributed by atoms with E-state index in [-0.39, 0.29) is 24.8 Å². The van der Waals surface area contributed by atoms with Gasteiger partial charge in [-0.2, -0.15) is 0 Å². The summed E-state index contributed by atoms with van der Waals surface area (Å²) in [4.78, 5) is 11.0. The van der Waals surface area contributed by atoms with Crippen LogP contribution < -0.4 is 11.5 Å². The summed E-state index contributed by atoms with van der Waals surface area (Å²) >= 11 is 0. The third kappa shape index (κ3) is 6.44. The van der Waals surface area contributed by atoms with Gasteiger partial charge in [0.15, 0.2) is 0 Å². The topological polar surface area (TPSA) is 95.2 Å². The average molecular weight is 439 g/mol. The number of rotatable bonds is 8. The number of hydrogen-bond acceptors (Lipinski definition) is 6. The first-order chi connectivity index (χ1) is 13.3. The van der Waals surface area contributed by atoms with Gasteiger partial charge < -0.3 is 21.1 Å². The normalized spacial score (nSPS) is 14.8. The van der Waals surface area contributed by atoms with Crippen LogP contribution in [0.5, 0.6) is 0 Å². The molecule has 0 aromatic heterocycles. The molecule has 0 atom stereocenters. The van der Waals surface area contributed by atoms with Gasteiger partial charge in [0, 0.05) is 17.5 Å². The van der Waals surface area contributed by atoms with E-state index in [9.17, 15) is 0 Å². The van der Waals surface area contributed by atoms with Crippen molar-refractivity contribution in [2.75, 3.05) is 26.3 Å².